The molecular weight excluding hydrogens is 404 g/mol. The number of hydrogen-bond donors (Lipinski definition) is 5. The van der Waals surface area contributed by atoms with Crippen LogP contribution in [-0.4, -0.2) is 63.8 Å². The quantitative estimate of drug-likeness (QED) is 0.439. The van der Waals surface area contributed by atoms with Gasteiger partial charge in [-0.2, -0.15) is 0 Å². The first-order valence-electron chi connectivity index (χ1n) is 9.00. The minimum absolute atomic E-state index is 0.158. The summed E-state index contributed by atoms with van der Waals surface area (Å²) in [5, 5.41) is 30.0. The summed E-state index contributed by atoms with van der Waals surface area (Å²) >= 11 is 7.28. The molecule has 2 aliphatic rings. The Kier molecular flexibility index (Phi) is 6.82. The van der Waals surface area contributed by atoms with Crippen LogP contribution in [-0.2, 0) is 9.59 Å². The van der Waals surface area contributed by atoms with Crippen molar-refractivity contribution in [3.05, 3.63) is 29.3 Å². The van der Waals surface area contributed by atoms with E-state index in [0.29, 0.717) is 23.3 Å². The average molecular weight is 427 g/mol. The second-order valence-electron chi connectivity index (χ2n) is 6.81. The number of rotatable bonds is 5. The van der Waals surface area contributed by atoms with E-state index in [0.717, 1.165) is 5.69 Å². The lowest BCUT2D eigenvalue weighted by atomic mass is 9.81. The van der Waals surface area contributed by atoms with Crippen LogP contribution in [0.15, 0.2) is 29.3 Å². The van der Waals surface area contributed by atoms with Crippen molar-refractivity contribution in [3.63, 3.8) is 0 Å². The fourth-order valence-corrected chi connectivity index (χ4v) is 4.82. The van der Waals surface area contributed by atoms with E-state index >= 15 is 0 Å². The van der Waals surface area contributed by atoms with Crippen molar-refractivity contribution < 1.29 is 19.8 Å². The molecule has 0 aromatic heterocycles. The summed E-state index contributed by atoms with van der Waals surface area (Å²) < 4.78 is 0. The summed E-state index contributed by atoms with van der Waals surface area (Å²) in [5.41, 5.74) is 0.792. The van der Waals surface area contributed by atoms with Crippen molar-refractivity contribution in [2.24, 2.45) is 10.9 Å². The second kappa shape index (κ2) is 9.13. The molecule has 5 atom stereocenters. The zero-order chi connectivity index (χ0) is 20.3. The molecule has 0 bridgehead atoms. The van der Waals surface area contributed by atoms with Gasteiger partial charge in [-0.1, -0.05) is 23.4 Å². The molecule has 10 heteroatoms. The van der Waals surface area contributed by atoms with E-state index < -0.39 is 24.2 Å². The molecule has 0 spiro atoms. The van der Waals surface area contributed by atoms with Crippen molar-refractivity contribution in [2.45, 2.75) is 36.8 Å². The SMILES string of the molecule is CC(=O)NCCNC(=O)C1CC(O)C(O)C2N=C(Nc3ccc(Cl)cc3)SC12. The maximum atomic E-state index is 12.6. The monoisotopic (exact) mass is 426 g/mol. The normalized spacial score (nSPS) is 28.9. The van der Waals surface area contributed by atoms with Crippen LogP contribution in [0.2, 0.25) is 5.02 Å². The lowest BCUT2D eigenvalue weighted by Gasteiger charge is -2.37. The van der Waals surface area contributed by atoms with E-state index in [-0.39, 0.29) is 23.5 Å². The molecule has 28 heavy (non-hydrogen) atoms. The van der Waals surface area contributed by atoms with Gasteiger partial charge < -0.3 is 26.2 Å². The molecule has 1 aromatic carbocycles. The highest BCUT2D eigenvalue weighted by atomic mass is 35.5. The van der Waals surface area contributed by atoms with Crippen LogP contribution >= 0.6 is 23.4 Å². The lowest BCUT2D eigenvalue weighted by Crippen LogP contribution is -2.54. The Morgan fingerprint density at radius 1 is 1.21 bits per heavy atom. The molecule has 1 aliphatic heterocycles. The number of amides is 2. The highest BCUT2D eigenvalue weighted by Crippen LogP contribution is 2.41. The number of amidine groups is 1. The zero-order valence-corrected chi connectivity index (χ0v) is 16.8. The van der Waals surface area contributed by atoms with E-state index in [1.54, 1.807) is 12.1 Å². The number of carbonyl (C=O) groups is 2. The van der Waals surface area contributed by atoms with E-state index in [4.69, 9.17) is 11.6 Å². The lowest BCUT2D eigenvalue weighted by molar-refractivity contribution is -0.129. The molecule has 0 saturated heterocycles. The zero-order valence-electron chi connectivity index (χ0n) is 15.3. The molecule has 8 nitrogen and oxygen atoms in total. The van der Waals surface area contributed by atoms with Gasteiger partial charge >= 0.3 is 0 Å². The molecule has 5 unspecified atom stereocenters. The summed E-state index contributed by atoms with van der Waals surface area (Å²) in [6, 6.07) is 6.55. The van der Waals surface area contributed by atoms with Crippen molar-refractivity contribution >= 4 is 46.0 Å². The molecule has 5 N–H and O–H groups in total. The third kappa shape index (κ3) is 4.96. The van der Waals surface area contributed by atoms with Gasteiger partial charge in [-0.25, -0.2) is 0 Å². The maximum absolute atomic E-state index is 12.6. The molecule has 3 rings (SSSR count). The van der Waals surface area contributed by atoms with Crippen LogP contribution in [0.1, 0.15) is 13.3 Å². The van der Waals surface area contributed by atoms with Crippen LogP contribution < -0.4 is 16.0 Å². The molecule has 1 aliphatic carbocycles. The Bertz CT molecular complexity index is 760. The molecule has 1 fully saturated rings. The number of aliphatic imine (C=N–C) groups is 1. The van der Waals surface area contributed by atoms with Gasteiger partial charge in [0.2, 0.25) is 11.8 Å². The third-order valence-electron chi connectivity index (χ3n) is 4.72. The number of nitrogens with zero attached hydrogens (tertiary/aromatic N) is 1. The first-order chi connectivity index (χ1) is 13.3. The van der Waals surface area contributed by atoms with E-state index in [9.17, 15) is 19.8 Å². The fourth-order valence-electron chi connectivity index (χ4n) is 3.32. The number of aliphatic hydroxyl groups excluding tert-OH is 2. The maximum Gasteiger partial charge on any atom is 0.224 e. The minimum Gasteiger partial charge on any atom is -0.390 e. The second-order valence-corrected chi connectivity index (χ2v) is 8.42. The van der Waals surface area contributed by atoms with E-state index in [2.05, 4.69) is 20.9 Å². The Labute approximate surface area is 172 Å². The van der Waals surface area contributed by atoms with Gasteiger partial charge in [0, 0.05) is 36.0 Å². The molecule has 1 aromatic rings. The van der Waals surface area contributed by atoms with Crippen molar-refractivity contribution in [1.82, 2.24) is 10.6 Å². The summed E-state index contributed by atoms with van der Waals surface area (Å²) in [6.07, 6.45) is -1.89. The number of fused-ring (bicyclic) bond motifs is 1. The topological polar surface area (TPSA) is 123 Å². The van der Waals surface area contributed by atoms with Crippen LogP contribution in [0, 0.1) is 5.92 Å². The van der Waals surface area contributed by atoms with Gasteiger partial charge in [0.1, 0.15) is 6.10 Å². The molecule has 2 amide bonds. The van der Waals surface area contributed by atoms with Gasteiger partial charge in [0.15, 0.2) is 5.17 Å². The van der Waals surface area contributed by atoms with Crippen molar-refractivity contribution in [2.75, 3.05) is 18.4 Å². The molecular formula is C18H23ClN4O4S. The Balaban J connectivity index is 1.64. The number of nitrogens with one attached hydrogen (secondary N) is 3. The number of hydrogen-bond acceptors (Lipinski definition) is 7. The Hall–Kier alpha value is -1.81. The van der Waals surface area contributed by atoms with Crippen molar-refractivity contribution in [1.29, 1.82) is 0 Å². The average Bonchev–Trinajstić information content (AvgIpc) is 3.07. The predicted molar refractivity (Wildman–Crippen MR) is 109 cm³/mol. The number of benzene rings is 1. The van der Waals surface area contributed by atoms with Crippen LogP contribution in [0.5, 0.6) is 0 Å². The van der Waals surface area contributed by atoms with Gasteiger partial charge in [0.05, 0.1) is 18.1 Å². The predicted octanol–water partition coefficient (Wildman–Crippen LogP) is 0.586. The molecule has 152 valence electrons. The Morgan fingerprint density at radius 2 is 1.89 bits per heavy atom. The molecule has 1 saturated carbocycles. The number of anilines is 1. The number of halogens is 1. The first-order valence-corrected chi connectivity index (χ1v) is 10.3. The molecule has 1 heterocycles. The highest BCUT2D eigenvalue weighted by molar-refractivity contribution is 8.15. The summed E-state index contributed by atoms with van der Waals surface area (Å²) in [6.45, 7) is 2.04. The minimum atomic E-state index is -1.02. The molecule has 0 radical (unpaired) electrons. The summed E-state index contributed by atoms with van der Waals surface area (Å²) in [5.74, 6) is -0.885. The number of carbonyl (C=O) groups excluding carboxylic acids is 2. The third-order valence-corrected chi connectivity index (χ3v) is 6.28. The van der Waals surface area contributed by atoms with Crippen LogP contribution in [0.25, 0.3) is 0 Å². The summed E-state index contributed by atoms with van der Waals surface area (Å²) in [4.78, 5) is 28.0. The van der Waals surface area contributed by atoms with Gasteiger partial charge in [-0.3, -0.25) is 14.6 Å². The van der Waals surface area contributed by atoms with Crippen LogP contribution in [0.4, 0.5) is 5.69 Å². The largest absolute Gasteiger partial charge is 0.390 e. The van der Waals surface area contributed by atoms with Gasteiger partial charge in [0.25, 0.3) is 0 Å². The number of thioether (sulfide) groups is 1. The number of aliphatic hydroxyl groups is 2. The Morgan fingerprint density at radius 3 is 2.57 bits per heavy atom. The fraction of sp³-hybridized carbons (Fsp3) is 0.500. The van der Waals surface area contributed by atoms with Gasteiger partial charge in [-0.15, -0.1) is 0 Å². The first kappa shape index (κ1) is 20.9. The van der Waals surface area contributed by atoms with E-state index in [1.807, 2.05) is 12.1 Å². The van der Waals surface area contributed by atoms with Gasteiger partial charge in [-0.05, 0) is 30.7 Å². The smallest absolute Gasteiger partial charge is 0.224 e. The van der Waals surface area contributed by atoms with Crippen molar-refractivity contribution in [3.8, 4) is 0 Å². The standard InChI is InChI=1S/C18H23ClN4O4S/c1-9(24)20-6-7-21-17(27)12-8-13(25)15(26)14-16(12)28-18(23-14)22-11-4-2-10(19)3-5-11/h2-5,12-16,25-26H,6-8H2,1H3,(H,20,24)(H,21,27)(H,22,23). The van der Waals surface area contributed by atoms with Crippen LogP contribution in [0.3, 0.4) is 0 Å². The summed E-state index contributed by atoms with van der Waals surface area (Å²) in [7, 11) is 0. The highest BCUT2D eigenvalue weighted by Gasteiger charge is 2.50. The van der Waals surface area contributed by atoms with E-state index in [1.165, 1.54) is 18.7 Å².